The zero-order valence-electron chi connectivity index (χ0n) is 12.5. The smallest absolute Gasteiger partial charge is 0.220 e. The second-order valence-electron chi connectivity index (χ2n) is 5.69. The molecular weight excluding hydrogens is 240 g/mol. The maximum Gasteiger partial charge on any atom is 0.220 e. The molecule has 1 amide bonds. The lowest BCUT2D eigenvalue weighted by Crippen LogP contribution is -2.30. The van der Waals surface area contributed by atoms with E-state index in [1.807, 2.05) is 0 Å². The molecule has 0 radical (unpaired) electrons. The third-order valence-corrected chi connectivity index (χ3v) is 3.46. The number of amides is 1. The van der Waals surface area contributed by atoms with Crippen molar-refractivity contribution in [2.24, 2.45) is 0 Å². The molecule has 112 valence electrons. The lowest BCUT2D eigenvalue weighted by atomic mass is 9.98. The fraction of sp³-hybridized carbons (Fsp3) is 0.933. The minimum absolute atomic E-state index is 0.137. The number of carbonyl (C=O) groups excluding carboxylic acids is 1. The largest absolute Gasteiger partial charge is 0.376 e. The Bertz CT molecular complexity index is 238. The maximum absolute atomic E-state index is 11.5. The molecule has 0 atom stereocenters. The normalized spacial score (nSPS) is 16.8. The number of nitrogens with one attached hydrogen (secondary N) is 2. The predicted octanol–water partition coefficient (Wildman–Crippen LogP) is 2.23. The highest BCUT2D eigenvalue weighted by Crippen LogP contribution is 2.19. The summed E-state index contributed by atoms with van der Waals surface area (Å²) in [6.07, 6.45) is 8.24. The maximum atomic E-state index is 11.5. The lowest BCUT2D eigenvalue weighted by Gasteiger charge is -2.22. The van der Waals surface area contributed by atoms with Crippen molar-refractivity contribution < 1.29 is 9.53 Å². The van der Waals surface area contributed by atoms with Crippen LogP contribution in [0.1, 0.15) is 58.8 Å². The molecule has 1 aliphatic carbocycles. The van der Waals surface area contributed by atoms with Crippen molar-refractivity contribution in [1.82, 2.24) is 10.6 Å². The van der Waals surface area contributed by atoms with Crippen LogP contribution in [0.4, 0.5) is 0 Å². The topological polar surface area (TPSA) is 50.4 Å². The Morgan fingerprint density at radius 2 is 1.95 bits per heavy atom. The Morgan fingerprint density at radius 3 is 2.63 bits per heavy atom. The van der Waals surface area contributed by atoms with Gasteiger partial charge in [0, 0.05) is 19.0 Å². The first-order valence-electron chi connectivity index (χ1n) is 7.80. The highest BCUT2D eigenvalue weighted by atomic mass is 16.5. The van der Waals surface area contributed by atoms with E-state index >= 15 is 0 Å². The molecule has 0 bridgehead atoms. The number of rotatable bonds is 9. The molecule has 0 unspecified atom stereocenters. The van der Waals surface area contributed by atoms with Crippen molar-refractivity contribution in [2.75, 3.05) is 19.7 Å². The highest BCUT2D eigenvalue weighted by molar-refractivity contribution is 5.75. The number of hydrogen-bond donors (Lipinski definition) is 2. The van der Waals surface area contributed by atoms with Gasteiger partial charge in [0.15, 0.2) is 0 Å². The van der Waals surface area contributed by atoms with Crippen LogP contribution in [0.2, 0.25) is 0 Å². The van der Waals surface area contributed by atoms with Gasteiger partial charge in [-0.15, -0.1) is 0 Å². The van der Waals surface area contributed by atoms with Gasteiger partial charge in [-0.1, -0.05) is 33.1 Å². The monoisotopic (exact) mass is 270 g/mol. The summed E-state index contributed by atoms with van der Waals surface area (Å²) < 4.78 is 5.76. The summed E-state index contributed by atoms with van der Waals surface area (Å²) in [6.45, 7) is 6.43. The summed E-state index contributed by atoms with van der Waals surface area (Å²) in [5.41, 5.74) is 0. The average molecular weight is 270 g/mol. The van der Waals surface area contributed by atoms with E-state index in [-0.39, 0.29) is 5.91 Å². The second-order valence-corrected chi connectivity index (χ2v) is 5.69. The Kier molecular flexibility index (Phi) is 8.84. The molecule has 2 N–H and O–H groups in total. The Balaban J connectivity index is 1.89. The number of hydrogen-bond acceptors (Lipinski definition) is 3. The van der Waals surface area contributed by atoms with Crippen LogP contribution < -0.4 is 10.6 Å². The molecule has 1 saturated carbocycles. The first kappa shape index (κ1) is 16.4. The van der Waals surface area contributed by atoms with E-state index in [1.165, 1.54) is 32.1 Å². The second kappa shape index (κ2) is 10.2. The molecule has 19 heavy (non-hydrogen) atoms. The molecule has 0 heterocycles. The number of ether oxygens (including phenoxy) is 1. The first-order chi connectivity index (χ1) is 9.18. The first-order valence-corrected chi connectivity index (χ1v) is 7.80. The van der Waals surface area contributed by atoms with Gasteiger partial charge in [-0.05, 0) is 25.8 Å². The van der Waals surface area contributed by atoms with Crippen molar-refractivity contribution in [1.29, 1.82) is 0 Å². The van der Waals surface area contributed by atoms with Crippen molar-refractivity contribution in [2.45, 2.75) is 70.9 Å². The Morgan fingerprint density at radius 1 is 1.21 bits per heavy atom. The zero-order chi connectivity index (χ0) is 13.9. The molecule has 1 rings (SSSR count). The summed E-state index contributed by atoms with van der Waals surface area (Å²) in [7, 11) is 0. The van der Waals surface area contributed by atoms with E-state index in [9.17, 15) is 4.79 Å². The third-order valence-electron chi connectivity index (χ3n) is 3.46. The molecule has 1 fully saturated rings. The molecule has 4 heteroatoms. The molecule has 0 saturated heterocycles. The summed E-state index contributed by atoms with van der Waals surface area (Å²) in [4.78, 5) is 11.5. The predicted molar refractivity (Wildman–Crippen MR) is 78.2 cm³/mol. The summed E-state index contributed by atoms with van der Waals surface area (Å²) in [5, 5.41) is 6.23. The average Bonchev–Trinajstić information content (AvgIpc) is 2.41. The summed E-state index contributed by atoms with van der Waals surface area (Å²) in [6, 6.07) is 0.493. The number of carbonyl (C=O) groups is 1. The van der Waals surface area contributed by atoms with Gasteiger partial charge in [0.25, 0.3) is 0 Å². The van der Waals surface area contributed by atoms with Gasteiger partial charge in [-0.2, -0.15) is 0 Å². The van der Waals surface area contributed by atoms with E-state index in [0.717, 1.165) is 13.0 Å². The van der Waals surface area contributed by atoms with Crippen molar-refractivity contribution >= 4 is 5.91 Å². The molecule has 0 aromatic rings. The molecule has 0 spiro atoms. The Labute approximate surface area is 117 Å². The van der Waals surface area contributed by atoms with Gasteiger partial charge in [0.05, 0.1) is 12.7 Å². The van der Waals surface area contributed by atoms with Crippen molar-refractivity contribution in [3.63, 3.8) is 0 Å². The van der Waals surface area contributed by atoms with E-state index in [0.29, 0.717) is 31.7 Å². The van der Waals surface area contributed by atoms with Crippen LogP contribution in [-0.4, -0.2) is 37.7 Å². The fourth-order valence-electron chi connectivity index (χ4n) is 2.38. The van der Waals surface area contributed by atoms with Crippen LogP contribution in [0.3, 0.4) is 0 Å². The molecule has 0 aromatic carbocycles. The standard InChI is InChI=1S/C15H30N2O2/c1-13(2)16-10-6-9-15(18)17-11-12-19-14-7-4-3-5-8-14/h13-14,16H,3-12H2,1-2H3,(H,17,18). The van der Waals surface area contributed by atoms with E-state index in [4.69, 9.17) is 4.74 Å². The van der Waals surface area contributed by atoms with E-state index in [2.05, 4.69) is 24.5 Å². The van der Waals surface area contributed by atoms with Crippen LogP contribution in [0.25, 0.3) is 0 Å². The molecular formula is C15H30N2O2. The van der Waals surface area contributed by atoms with Crippen LogP contribution in [0.15, 0.2) is 0 Å². The molecule has 4 nitrogen and oxygen atoms in total. The van der Waals surface area contributed by atoms with Gasteiger partial charge in [-0.3, -0.25) is 4.79 Å². The van der Waals surface area contributed by atoms with Gasteiger partial charge in [0.2, 0.25) is 5.91 Å². The Hall–Kier alpha value is -0.610. The van der Waals surface area contributed by atoms with Crippen LogP contribution in [-0.2, 0) is 9.53 Å². The van der Waals surface area contributed by atoms with Crippen molar-refractivity contribution in [3.8, 4) is 0 Å². The van der Waals surface area contributed by atoms with Crippen LogP contribution >= 0.6 is 0 Å². The van der Waals surface area contributed by atoms with Crippen LogP contribution in [0, 0.1) is 0 Å². The fourth-order valence-corrected chi connectivity index (χ4v) is 2.38. The quantitative estimate of drug-likeness (QED) is 0.632. The summed E-state index contributed by atoms with van der Waals surface area (Å²) >= 11 is 0. The minimum atomic E-state index is 0.137. The molecule has 0 aliphatic heterocycles. The van der Waals surface area contributed by atoms with E-state index < -0.39 is 0 Å². The molecule has 1 aliphatic rings. The van der Waals surface area contributed by atoms with Gasteiger partial charge >= 0.3 is 0 Å². The van der Waals surface area contributed by atoms with Gasteiger partial charge < -0.3 is 15.4 Å². The lowest BCUT2D eigenvalue weighted by molar-refractivity contribution is -0.121. The minimum Gasteiger partial charge on any atom is -0.376 e. The van der Waals surface area contributed by atoms with Gasteiger partial charge in [-0.25, -0.2) is 0 Å². The van der Waals surface area contributed by atoms with Crippen LogP contribution in [0.5, 0.6) is 0 Å². The van der Waals surface area contributed by atoms with E-state index in [1.54, 1.807) is 0 Å². The molecule has 0 aromatic heterocycles. The van der Waals surface area contributed by atoms with Gasteiger partial charge in [0.1, 0.15) is 0 Å². The highest BCUT2D eigenvalue weighted by Gasteiger charge is 2.13. The summed E-state index contributed by atoms with van der Waals surface area (Å²) in [5.74, 6) is 0.137. The third kappa shape index (κ3) is 9.00. The SMILES string of the molecule is CC(C)NCCCC(=O)NCCOC1CCCCC1. The zero-order valence-corrected chi connectivity index (χ0v) is 12.5. The van der Waals surface area contributed by atoms with Crippen molar-refractivity contribution in [3.05, 3.63) is 0 Å².